The van der Waals surface area contributed by atoms with Gasteiger partial charge in [-0.1, -0.05) is 30.3 Å². The Hall–Kier alpha value is -2.89. The fourth-order valence-electron chi connectivity index (χ4n) is 3.89. The minimum absolute atomic E-state index is 0.102. The third-order valence-electron chi connectivity index (χ3n) is 5.57. The summed E-state index contributed by atoms with van der Waals surface area (Å²) < 4.78 is 10.6. The standard InChI is InChI=1S/C26H32N2O3/c1-19(27-15-16-29)25-5-4-14-28-26(25)22(17-20-6-10-23(30-2)11-7-20)18-21-8-12-24(31-3)13-9-21/h4-14,19,22,27,29H,15-18H2,1-3H3/t19-/m1/s1. The van der Waals surface area contributed by atoms with Gasteiger partial charge in [-0.3, -0.25) is 4.98 Å². The van der Waals surface area contributed by atoms with Gasteiger partial charge in [0.1, 0.15) is 11.5 Å². The number of hydrogen-bond acceptors (Lipinski definition) is 5. The molecule has 0 saturated carbocycles. The van der Waals surface area contributed by atoms with Gasteiger partial charge >= 0.3 is 0 Å². The van der Waals surface area contributed by atoms with Crippen molar-refractivity contribution in [2.24, 2.45) is 0 Å². The van der Waals surface area contributed by atoms with Crippen LogP contribution in [-0.2, 0) is 12.8 Å². The Bertz CT molecular complexity index is 877. The maximum Gasteiger partial charge on any atom is 0.118 e. The molecule has 0 bridgehead atoms. The number of benzene rings is 2. The van der Waals surface area contributed by atoms with Gasteiger partial charge in [-0.2, -0.15) is 0 Å². The Labute approximate surface area is 185 Å². The van der Waals surface area contributed by atoms with Crippen LogP contribution in [0.25, 0.3) is 0 Å². The molecule has 1 heterocycles. The molecule has 0 fully saturated rings. The van der Waals surface area contributed by atoms with E-state index in [0.717, 1.165) is 30.0 Å². The van der Waals surface area contributed by atoms with E-state index in [-0.39, 0.29) is 18.6 Å². The Balaban J connectivity index is 1.92. The van der Waals surface area contributed by atoms with Crippen LogP contribution in [-0.4, -0.2) is 37.5 Å². The predicted octanol–water partition coefficient (Wildman–Crippen LogP) is 4.31. The number of nitrogens with zero attached hydrogens (tertiary/aromatic N) is 1. The average molecular weight is 421 g/mol. The quantitative estimate of drug-likeness (QED) is 0.484. The zero-order valence-electron chi connectivity index (χ0n) is 18.5. The van der Waals surface area contributed by atoms with Crippen molar-refractivity contribution in [3.05, 3.63) is 89.2 Å². The molecule has 2 aromatic carbocycles. The summed E-state index contributed by atoms with van der Waals surface area (Å²) in [6.45, 7) is 2.78. The molecule has 2 N–H and O–H groups in total. The number of rotatable bonds is 11. The lowest BCUT2D eigenvalue weighted by molar-refractivity contribution is 0.286. The van der Waals surface area contributed by atoms with Gasteiger partial charge in [-0.05, 0) is 66.8 Å². The predicted molar refractivity (Wildman–Crippen MR) is 124 cm³/mol. The van der Waals surface area contributed by atoms with Gasteiger partial charge < -0.3 is 19.9 Å². The molecule has 1 aromatic heterocycles. The number of ether oxygens (including phenoxy) is 2. The van der Waals surface area contributed by atoms with Gasteiger partial charge in [0.25, 0.3) is 0 Å². The van der Waals surface area contributed by atoms with Crippen molar-refractivity contribution in [1.29, 1.82) is 0 Å². The van der Waals surface area contributed by atoms with Crippen molar-refractivity contribution in [2.45, 2.75) is 31.7 Å². The first-order valence-electron chi connectivity index (χ1n) is 10.7. The van der Waals surface area contributed by atoms with E-state index in [1.54, 1.807) is 14.2 Å². The highest BCUT2D eigenvalue weighted by atomic mass is 16.5. The summed E-state index contributed by atoms with van der Waals surface area (Å²) in [6, 6.07) is 20.7. The van der Waals surface area contributed by atoms with E-state index in [1.807, 2.05) is 36.5 Å². The van der Waals surface area contributed by atoms with Crippen molar-refractivity contribution in [3.8, 4) is 11.5 Å². The Kier molecular flexibility index (Phi) is 8.44. The lowest BCUT2D eigenvalue weighted by atomic mass is 9.86. The first-order chi connectivity index (χ1) is 15.1. The molecule has 0 unspecified atom stereocenters. The average Bonchev–Trinajstić information content (AvgIpc) is 2.83. The van der Waals surface area contributed by atoms with E-state index in [1.165, 1.54) is 16.7 Å². The smallest absolute Gasteiger partial charge is 0.118 e. The van der Waals surface area contributed by atoms with Crippen LogP contribution in [0.3, 0.4) is 0 Å². The summed E-state index contributed by atoms with van der Waals surface area (Å²) in [5, 5.41) is 12.6. The van der Waals surface area contributed by atoms with Crippen LogP contribution in [0.2, 0.25) is 0 Å². The van der Waals surface area contributed by atoms with Crippen molar-refractivity contribution in [1.82, 2.24) is 10.3 Å². The highest BCUT2D eigenvalue weighted by molar-refractivity contribution is 5.34. The van der Waals surface area contributed by atoms with E-state index in [0.29, 0.717) is 6.54 Å². The Morgan fingerprint density at radius 1 is 0.871 bits per heavy atom. The van der Waals surface area contributed by atoms with Gasteiger partial charge in [-0.15, -0.1) is 0 Å². The second kappa shape index (κ2) is 11.5. The maximum absolute atomic E-state index is 9.22. The third kappa shape index (κ3) is 6.29. The fourth-order valence-corrected chi connectivity index (χ4v) is 3.89. The summed E-state index contributed by atoms with van der Waals surface area (Å²) >= 11 is 0. The number of aliphatic hydroxyl groups is 1. The molecule has 0 aliphatic rings. The van der Waals surface area contributed by atoms with Gasteiger partial charge in [0, 0.05) is 30.4 Å². The van der Waals surface area contributed by atoms with Crippen molar-refractivity contribution in [3.63, 3.8) is 0 Å². The van der Waals surface area contributed by atoms with Crippen LogP contribution in [0.5, 0.6) is 11.5 Å². The van der Waals surface area contributed by atoms with Crippen LogP contribution < -0.4 is 14.8 Å². The first-order valence-corrected chi connectivity index (χ1v) is 10.7. The number of aliphatic hydroxyl groups excluding tert-OH is 1. The molecule has 3 rings (SSSR count). The van der Waals surface area contributed by atoms with Crippen LogP contribution >= 0.6 is 0 Å². The zero-order chi connectivity index (χ0) is 22.1. The topological polar surface area (TPSA) is 63.6 Å². The summed E-state index contributed by atoms with van der Waals surface area (Å²) in [5.41, 5.74) is 4.74. The molecule has 3 aromatic rings. The monoisotopic (exact) mass is 420 g/mol. The molecule has 164 valence electrons. The Morgan fingerprint density at radius 2 is 1.42 bits per heavy atom. The highest BCUT2D eigenvalue weighted by Crippen LogP contribution is 2.30. The molecular formula is C26H32N2O3. The summed E-state index contributed by atoms with van der Waals surface area (Å²) in [7, 11) is 3.37. The number of nitrogens with one attached hydrogen (secondary N) is 1. The summed E-state index contributed by atoms with van der Waals surface area (Å²) in [4.78, 5) is 4.82. The van der Waals surface area contributed by atoms with Gasteiger partial charge in [0.05, 0.1) is 20.8 Å². The van der Waals surface area contributed by atoms with Crippen LogP contribution in [0.1, 0.15) is 41.3 Å². The minimum atomic E-state index is 0.102. The molecule has 0 aliphatic carbocycles. The fraction of sp³-hybridized carbons (Fsp3) is 0.346. The van der Waals surface area contributed by atoms with E-state index in [2.05, 4.69) is 42.6 Å². The molecule has 5 heteroatoms. The number of methoxy groups -OCH3 is 2. The van der Waals surface area contributed by atoms with E-state index in [4.69, 9.17) is 14.5 Å². The van der Waals surface area contributed by atoms with Crippen LogP contribution in [0, 0.1) is 0 Å². The SMILES string of the molecule is COc1ccc(CC(Cc2ccc(OC)cc2)c2ncccc2[C@@H](C)NCCO)cc1. The molecule has 0 spiro atoms. The number of aromatic nitrogens is 1. The second-order valence-electron chi connectivity index (χ2n) is 7.68. The van der Waals surface area contributed by atoms with Gasteiger partial charge in [0.2, 0.25) is 0 Å². The minimum Gasteiger partial charge on any atom is -0.497 e. The molecule has 5 nitrogen and oxygen atoms in total. The molecule has 0 amide bonds. The molecule has 0 radical (unpaired) electrons. The van der Waals surface area contributed by atoms with E-state index in [9.17, 15) is 5.11 Å². The lowest BCUT2D eigenvalue weighted by Gasteiger charge is -2.23. The van der Waals surface area contributed by atoms with Crippen LogP contribution in [0.15, 0.2) is 66.9 Å². The van der Waals surface area contributed by atoms with E-state index >= 15 is 0 Å². The molecule has 1 atom stereocenters. The largest absolute Gasteiger partial charge is 0.497 e. The third-order valence-corrected chi connectivity index (χ3v) is 5.57. The van der Waals surface area contributed by atoms with Crippen LogP contribution in [0.4, 0.5) is 0 Å². The normalized spacial score (nSPS) is 12.0. The van der Waals surface area contributed by atoms with Gasteiger partial charge in [0.15, 0.2) is 0 Å². The van der Waals surface area contributed by atoms with Crippen molar-refractivity contribution >= 4 is 0 Å². The summed E-state index contributed by atoms with van der Waals surface area (Å²) in [5.74, 6) is 1.92. The maximum atomic E-state index is 9.22. The molecule has 0 aliphatic heterocycles. The lowest BCUT2D eigenvalue weighted by Crippen LogP contribution is -2.24. The first kappa shape index (κ1) is 22.8. The van der Waals surface area contributed by atoms with Crippen molar-refractivity contribution < 1.29 is 14.6 Å². The van der Waals surface area contributed by atoms with E-state index < -0.39 is 0 Å². The van der Waals surface area contributed by atoms with Crippen molar-refractivity contribution in [2.75, 3.05) is 27.4 Å². The molecular weight excluding hydrogens is 388 g/mol. The summed E-state index contributed by atoms with van der Waals surface area (Å²) in [6.07, 6.45) is 3.60. The number of pyridine rings is 1. The zero-order valence-corrected chi connectivity index (χ0v) is 18.5. The number of hydrogen-bond donors (Lipinski definition) is 2. The molecule has 0 saturated heterocycles. The van der Waals surface area contributed by atoms with Gasteiger partial charge in [-0.25, -0.2) is 0 Å². The Morgan fingerprint density at radius 3 is 1.90 bits per heavy atom. The highest BCUT2D eigenvalue weighted by Gasteiger charge is 2.21. The molecule has 31 heavy (non-hydrogen) atoms. The second-order valence-corrected chi connectivity index (χ2v) is 7.68.